The van der Waals surface area contributed by atoms with Crippen LogP contribution in [-0.4, -0.2) is 36.0 Å². The van der Waals surface area contributed by atoms with Gasteiger partial charge in [-0.3, -0.25) is 24.8 Å². The second-order valence-electron chi connectivity index (χ2n) is 3.31. The number of hydrogen-bond donors (Lipinski definition) is 6. The minimum Gasteiger partial charge on any atom is -0.370 e. The second-order valence-corrected chi connectivity index (χ2v) is 4.21. The van der Waals surface area contributed by atoms with Gasteiger partial charge in [-0.2, -0.15) is 8.42 Å². The SMILES string of the molecule is CCCCCCN=C(N)NC(=N)N.O=S(=O)(O)O. The molecule has 0 bridgehead atoms. The summed E-state index contributed by atoms with van der Waals surface area (Å²) in [6.07, 6.45) is 4.65. The van der Waals surface area contributed by atoms with Gasteiger partial charge in [0, 0.05) is 6.54 Å². The number of unbranched alkanes of at least 4 members (excludes halogenated alkanes) is 3. The monoisotopic (exact) mass is 283 g/mol. The van der Waals surface area contributed by atoms with Crippen molar-refractivity contribution in [1.82, 2.24) is 5.32 Å². The molecule has 0 saturated carbocycles. The molecule has 0 heterocycles. The molecular weight excluding hydrogens is 262 g/mol. The molecule has 0 atom stereocenters. The molecule has 0 aromatic carbocycles. The fourth-order valence-corrected chi connectivity index (χ4v) is 0.916. The van der Waals surface area contributed by atoms with E-state index in [1.807, 2.05) is 0 Å². The Balaban J connectivity index is 0. The molecule has 108 valence electrons. The van der Waals surface area contributed by atoms with E-state index >= 15 is 0 Å². The van der Waals surface area contributed by atoms with Gasteiger partial charge in [-0.25, -0.2) is 0 Å². The highest BCUT2D eigenvalue weighted by atomic mass is 32.3. The van der Waals surface area contributed by atoms with Gasteiger partial charge in [0.25, 0.3) is 0 Å². The summed E-state index contributed by atoms with van der Waals surface area (Å²) >= 11 is 0. The van der Waals surface area contributed by atoms with Crippen LogP contribution in [0.2, 0.25) is 0 Å². The zero-order valence-electron chi connectivity index (χ0n) is 10.3. The highest BCUT2D eigenvalue weighted by Crippen LogP contribution is 1.98. The summed E-state index contributed by atoms with van der Waals surface area (Å²) in [5.41, 5.74) is 10.5. The predicted molar refractivity (Wildman–Crippen MR) is 69.9 cm³/mol. The zero-order valence-corrected chi connectivity index (χ0v) is 11.1. The molecule has 0 rings (SSSR count). The maximum atomic E-state index is 8.74. The number of nitrogens with two attached hydrogens (primary N) is 2. The van der Waals surface area contributed by atoms with E-state index in [9.17, 15) is 0 Å². The van der Waals surface area contributed by atoms with Crippen LogP contribution >= 0.6 is 0 Å². The molecule has 0 aromatic rings. The maximum Gasteiger partial charge on any atom is 0.394 e. The molecule has 10 heteroatoms. The molecule has 18 heavy (non-hydrogen) atoms. The Labute approximate surface area is 107 Å². The van der Waals surface area contributed by atoms with Crippen molar-refractivity contribution in [1.29, 1.82) is 5.41 Å². The van der Waals surface area contributed by atoms with Crippen LogP contribution in [0.15, 0.2) is 4.99 Å². The average molecular weight is 283 g/mol. The van der Waals surface area contributed by atoms with Crippen molar-refractivity contribution in [3.63, 3.8) is 0 Å². The summed E-state index contributed by atoms with van der Waals surface area (Å²) in [6.45, 7) is 2.86. The third-order valence-electron chi connectivity index (χ3n) is 1.56. The maximum absolute atomic E-state index is 8.74. The molecule has 0 saturated heterocycles. The Hall–Kier alpha value is -1.39. The van der Waals surface area contributed by atoms with Gasteiger partial charge in [-0.15, -0.1) is 0 Å². The summed E-state index contributed by atoms with van der Waals surface area (Å²) in [5, 5.41) is 9.30. The largest absolute Gasteiger partial charge is 0.394 e. The first kappa shape index (κ1) is 19.0. The van der Waals surface area contributed by atoms with E-state index in [0.29, 0.717) is 6.54 Å². The minimum atomic E-state index is -4.67. The topological polar surface area (TPSA) is 175 Å². The van der Waals surface area contributed by atoms with Crippen molar-refractivity contribution >= 4 is 22.3 Å². The summed E-state index contributed by atoms with van der Waals surface area (Å²) in [7, 11) is -4.67. The minimum absolute atomic E-state index is 0.171. The van der Waals surface area contributed by atoms with E-state index < -0.39 is 10.4 Å². The molecule has 0 aromatic heterocycles. The quantitative estimate of drug-likeness (QED) is 0.174. The second kappa shape index (κ2) is 10.7. The number of nitrogens with zero attached hydrogens (tertiary/aromatic N) is 1. The van der Waals surface area contributed by atoms with Crippen LogP contribution in [0.4, 0.5) is 0 Å². The first-order valence-corrected chi connectivity index (χ1v) is 6.67. The Morgan fingerprint density at radius 1 is 1.28 bits per heavy atom. The van der Waals surface area contributed by atoms with Crippen molar-refractivity contribution < 1.29 is 17.5 Å². The van der Waals surface area contributed by atoms with Crippen LogP contribution in [0, 0.1) is 5.41 Å². The summed E-state index contributed by atoms with van der Waals surface area (Å²) in [6, 6.07) is 0. The number of hydrogen-bond acceptors (Lipinski definition) is 4. The van der Waals surface area contributed by atoms with Crippen molar-refractivity contribution in [3.8, 4) is 0 Å². The Kier molecular flexibility index (Phi) is 11.3. The van der Waals surface area contributed by atoms with Gasteiger partial charge in [0.1, 0.15) is 0 Å². The van der Waals surface area contributed by atoms with Crippen LogP contribution in [0.25, 0.3) is 0 Å². The van der Waals surface area contributed by atoms with Gasteiger partial charge in [0.05, 0.1) is 0 Å². The molecule has 0 unspecified atom stereocenters. The average Bonchev–Trinajstić information content (AvgIpc) is 2.13. The number of rotatable bonds is 5. The van der Waals surface area contributed by atoms with Gasteiger partial charge in [0.15, 0.2) is 11.9 Å². The molecule has 0 aliphatic carbocycles. The lowest BCUT2D eigenvalue weighted by Gasteiger charge is -2.01. The Morgan fingerprint density at radius 3 is 2.17 bits per heavy atom. The zero-order chi connectivity index (χ0) is 14.6. The van der Waals surface area contributed by atoms with Crippen molar-refractivity contribution in [2.24, 2.45) is 16.5 Å². The van der Waals surface area contributed by atoms with E-state index in [1.54, 1.807) is 0 Å². The number of aliphatic imine (C=N–C) groups is 1. The summed E-state index contributed by atoms with van der Waals surface area (Å²) in [4.78, 5) is 4.00. The Morgan fingerprint density at radius 2 is 1.78 bits per heavy atom. The third-order valence-corrected chi connectivity index (χ3v) is 1.56. The Bertz CT molecular complexity index is 346. The highest BCUT2D eigenvalue weighted by Gasteiger charge is 1.91. The lowest BCUT2D eigenvalue weighted by atomic mass is 10.2. The molecular formula is C8H21N5O4S. The molecule has 0 spiro atoms. The van der Waals surface area contributed by atoms with Gasteiger partial charge < -0.3 is 11.5 Å². The lowest BCUT2D eigenvalue weighted by molar-refractivity contribution is 0.381. The van der Waals surface area contributed by atoms with Crippen LogP contribution in [-0.2, 0) is 10.4 Å². The van der Waals surface area contributed by atoms with Gasteiger partial charge >= 0.3 is 10.4 Å². The number of nitrogens with one attached hydrogen (secondary N) is 2. The van der Waals surface area contributed by atoms with E-state index in [4.69, 9.17) is 34.4 Å². The van der Waals surface area contributed by atoms with Gasteiger partial charge in [-0.05, 0) is 6.42 Å². The third kappa shape index (κ3) is 29.3. The summed E-state index contributed by atoms with van der Waals surface area (Å²) < 4.78 is 31.6. The van der Waals surface area contributed by atoms with Crippen LogP contribution in [0.3, 0.4) is 0 Å². The highest BCUT2D eigenvalue weighted by molar-refractivity contribution is 7.79. The molecule has 0 fully saturated rings. The van der Waals surface area contributed by atoms with Crippen molar-refractivity contribution in [2.45, 2.75) is 32.6 Å². The smallest absolute Gasteiger partial charge is 0.370 e. The molecule has 0 aliphatic rings. The first-order chi connectivity index (χ1) is 8.16. The van der Waals surface area contributed by atoms with Crippen LogP contribution in [0.5, 0.6) is 0 Å². The molecule has 0 amide bonds. The van der Waals surface area contributed by atoms with Gasteiger partial charge in [0.2, 0.25) is 0 Å². The van der Waals surface area contributed by atoms with E-state index in [2.05, 4.69) is 17.2 Å². The molecule has 8 N–H and O–H groups in total. The van der Waals surface area contributed by atoms with Crippen molar-refractivity contribution in [2.75, 3.05) is 6.54 Å². The lowest BCUT2D eigenvalue weighted by Crippen LogP contribution is -2.40. The molecule has 0 aliphatic heterocycles. The fraction of sp³-hybridized carbons (Fsp3) is 0.750. The van der Waals surface area contributed by atoms with E-state index in [-0.39, 0.29) is 11.9 Å². The summed E-state index contributed by atoms with van der Waals surface area (Å²) in [5.74, 6) is 0.0545. The van der Waals surface area contributed by atoms with Crippen molar-refractivity contribution in [3.05, 3.63) is 0 Å². The standard InChI is InChI=1S/C8H19N5.H2O4S/c1-2-3-4-5-6-12-8(11)13-7(9)10;1-5(2,3)4/h2-6H2,1H3,(H6,9,10,11,12,13);(H2,1,2,3,4). The van der Waals surface area contributed by atoms with Crippen LogP contribution < -0.4 is 16.8 Å². The normalized spacial score (nSPS) is 11.4. The van der Waals surface area contributed by atoms with Gasteiger partial charge in [-0.1, -0.05) is 26.2 Å². The molecule has 9 nitrogen and oxygen atoms in total. The van der Waals surface area contributed by atoms with E-state index in [0.717, 1.165) is 6.42 Å². The first-order valence-electron chi connectivity index (χ1n) is 5.27. The molecule has 0 radical (unpaired) electrons. The van der Waals surface area contributed by atoms with E-state index in [1.165, 1.54) is 19.3 Å². The number of guanidine groups is 2. The fourth-order valence-electron chi connectivity index (χ4n) is 0.916. The predicted octanol–water partition coefficient (Wildman–Crippen LogP) is -0.288. The van der Waals surface area contributed by atoms with Crippen LogP contribution in [0.1, 0.15) is 32.6 Å².